The van der Waals surface area contributed by atoms with Crippen LogP contribution in [0.5, 0.6) is 0 Å². The van der Waals surface area contributed by atoms with Crippen LogP contribution < -0.4 is 10.2 Å². The summed E-state index contributed by atoms with van der Waals surface area (Å²) in [6.45, 7) is 1.85. The maximum Gasteiger partial charge on any atom is 0.203 e. The van der Waals surface area contributed by atoms with E-state index in [1.54, 1.807) is 6.07 Å². The quantitative estimate of drug-likeness (QED) is 0.769. The highest BCUT2D eigenvalue weighted by Crippen LogP contribution is 2.22. The predicted octanol–water partition coefficient (Wildman–Crippen LogP) is 2.31. The van der Waals surface area contributed by atoms with Gasteiger partial charge in [0.25, 0.3) is 0 Å². The van der Waals surface area contributed by atoms with Crippen LogP contribution in [0.3, 0.4) is 0 Å². The Morgan fingerprint density at radius 2 is 2.04 bits per heavy atom. The Morgan fingerprint density at radius 3 is 2.83 bits per heavy atom. The van der Waals surface area contributed by atoms with Gasteiger partial charge in [0.1, 0.15) is 23.9 Å². The van der Waals surface area contributed by atoms with Crippen LogP contribution in [0.1, 0.15) is 18.5 Å². The van der Waals surface area contributed by atoms with E-state index in [0.717, 1.165) is 42.9 Å². The second-order valence-corrected chi connectivity index (χ2v) is 5.88. The molecule has 1 fully saturated rings. The van der Waals surface area contributed by atoms with E-state index < -0.39 is 0 Å². The van der Waals surface area contributed by atoms with Crippen molar-refractivity contribution in [2.24, 2.45) is 0 Å². The number of H-pyrrole nitrogens is 1. The van der Waals surface area contributed by atoms with E-state index >= 15 is 0 Å². The van der Waals surface area contributed by atoms with Crippen LogP contribution in [0, 0.1) is 11.3 Å². The SMILES string of the molecule is N#Cc1cc(NC2CCN(c3nc4ccccc4[nH]3)CC2)ncn1. The van der Waals surface area contributed by atoms with Gasteiger partial charge in [0.2, 0.25) is 5.95 Å². The summed E-state index contributed by atoms with van der Waals surface area (Å²) in [5, 5.41) is 12.3. The number of nitrogens with zero attached hydrogens (tertiary/aromatic N) is 5. The van der Waals surface area contributed by atoms with Gasteiger partial charge in [-0.05, 0) is 25.0 Å². The molecule has 1 aliphatic heterocycles. The van der Waals surface area contributed by atoms with Crippen molar-refractivity contribution in [2.75, 3.05) is 23.3 Å². The van der Waals surface area contributed by atoms with E-state index in [9.17, 15) is 0 Å². The van der Waals surface area contributed by atoms with Crippen LogP contribution in [0.15, 0.2) is 36.7 Å². The van der Waals surface area contributed by atoms with E-state index in [1.807, 2.05) is 30.3 Å². The van der Waals surface area contributed by atoms with Gasteiger partial charge in [-0.3, -0.25) is 0 Å². The van der Waals surface area contributed by atoms with Crippen molar-refractivity contribution in [3.8, 4) is 6.07 Å². The number of piperidine rings is 1. The lowest BCUT2D eigenvalue weighted by atomic mass is 10.1. The molecular formula is C17H17N7. The minimum atomic E-state index is 0.340. The van der Waals surface area contributed by atoms with Crippen molar-refractivity contribution in [2.45, 2.75) is 18.9 Å². The maximum atomic E-state index is 8.90. The Kier molecular flexibility index (Phi) is 3.71. The van der Waals surface area contributed by atoms with Crippen molar-refractivity contribution >= 4 is 22.8 Å². The monoisotopic (exact) mass is 319 g/mol. The largest absolute Gasteiger partial charge is 0.367 e. The fraction of sp³-hybridized carbons (Fsp3) is 0.294. The Bertz CT molecular complexity index is 854. The average Bonchev–Trinajstić information content (AvgIpc) is 3.06. The molecule has 1 aromatic carbocycles. The first kappa shape index (κ1) is 14.5. The number of para-hydroxylation sites is 2. The van der Waals surface area contributed by atoms with Gasteiger partial charge in [0.05, 0.1) is 11.0 Å². The molecule has 3 aromatic rings. The van der Waals surface area contributed by atoms with Crippen molar-refractivity contribution in [1.29, 1.82) is 5.26 Å². The summed E-state index contributed by atoms with van der Waals surface area (Å²) in [6, 6.07) is 12.1. The first-order valence-corrected chi connectivity index (χ1v) is 8.00. The summed E-state index contributed by atoms with van der Waals surface area (Å²) in [5.74, 6) is 1.65. The van der Waals surface area contributed by atoms with Crippen LogP contribution in [0.25, 0.3) is 11.0 Å². The van der Waals surface area contributed by atoms with E-state index in [4.69, 9.17) is 5.26 Å². The molecule has 7 heteroatoms. The number of aromatic nitrogens is 4. The molecule has 4 rings (SSSR count). The number of rotatable bonds is 3. The second kappa shape index (κ2) is 6.16. The smallest absolute Gasteiger partial charge is 0.203 e. The lowest BCUT2D eigenvalue weighted by Gasteiger charge is -2.32. The third-order valence-corrected chi connectivity index (χ3v) is 4.31. The van der Waals surface area contributed by atoms with Gasteiger partial charge in [-0.15, -0.1) is 0 Å². The summed E-state index contributed by atoms with van der Waals surface area (Å²) >= 11 is 0. The Balaban J connectivity index is 1.40. The molecule has 3 heterocycles. The highest BCUT2D eigenvalue weighted by Gasteiger charge is 2.21. The summed E-state index contributed by atoms with van der Waals surface area (Å²) in [6.07, 6.45) is 3.40. The molecule has 0 amide bonds. The highest BCUT2D eigenvalue weighted by molar-refractivity contribution is 5.77. The van der Waals surface area contributed by atoms with Gasteiger partial charge in [-0.2, -0.15) is 5.26 Å². The number of hydrogen-bond acceptors (Lipinski definition) is 6. The van der Waals surface area contributed by atoms with Gasteiger partial charge < -0.3 is 15.2 Å². The molecule has 1 aliphatic rings. The fourth-order valence-corrected chi connectivity index (χ4v) is 3.03. The minimum Gasteiger partial charge on any atom is -0.367 e. The third-order valence-electron chi connectivity index (χ3n) is 4.31. The molecule has 7 nitrogen and oxygen atoms in total. The number of benzene rings is 1. The van der Waals surface area contributed by atoms with Gasteiger partial charge in [-0.1, -0.05) is 12.1 Å². The van der Waals surface area contributed by atoms with Crippen LogP contribution in [-0.4, -0.2) is 39.1 Å². The topological polar surface area (TPSA) is 93.5 Å². The van der Waals surface area contributed by atoms with Gasteiger partial charge in [-0.25, -0.2) is 15.0 Å². The number of hydrogen-bond donors (Lipinski definition) is 2. The van der Waals surface area contributed by atoms with Crippen molar-refractivity contribution in [1.82, 2.24) is 19.9 Å². The minimum absolute atomic E-state index is 0.340. The van der Waals surface area contributed by atoms with E-state index in [2.05, 4.69) is 30.2 Å². The van der Waals surface area contributed by atoms with E-state index in [-0.39, 0.29) is 0 Å². The number of imidazole rings is 1. The molecule has 1 saturated heterocycles. The molecule has 120 valence electrons. The zero-order chi connectivity index (χ0) is 16.4. The molecule has 0 saturated carbocycles. The lowest BCUT2D eigenvalue weighted by molar-refractivity contribution is 0.520. The normalized spacial score (nSPS) is 15.4. The summed E-state index contributed by atoms with van der Waals surface area (Å²) in [7, 11) is 0. The summed E-state index contributed by atoms with van der Waals surface area (Å²) in [4.78, 5) is 18.4. The van der Waals surface area contributed by atoms with Crippen LogP contribution in [0.4, 0.5) is 11.8 Å². The Morgan fingerprint density at radius 1 is 1.21 bits per heavy atom. The van der Waals surface area contributed by atoms with E-state index in [1.165, 1.54) is 6.33 Å². The number of nitrogens with one attached hydrogen (secondary N) is 2. The van der Waals surface area contributed by atoms with Crippen LogP contribution in [-0.2, 0) is 0 Å². The average molecular weight is 319 g/mol. The fourth-order valence-electron chi connectivity index (χ4n) is 3.03. The van der Waals surface area contributed by atoms with Gasteiger partial charge >= 0.3 is 0 Å². The molecule has 0 unspecified atom stereocenters. The second-order valence-electron chi connectivity index (χ2n) is 5.88. The molecule has 2 N–H and O–H groups in total. The third kappa shape index (κ3) is 2.86. The highest BCUT2D eigenvalue weighted by atomic mass is 15.3. The number of fused-ring (bicyclic) bond motifs is 1. The number of aromatic amines is 1. The van der Waals surface area contributed by atoms with Crippen molar-refractivity contribution in [3.63, 3.8) is 0 Å². The Labute approximate surface area is 139 Å². The lowest BCUT2D eigenvalue weighted by Crippen LogP contribution is -2.39. The standard InChI is InChI=1S/C17H17N7/c18-10-13-9-16(20-11-19-13)21-12-5-7-24(8-6-12)17-22-14-3-1-2-4-15(14)23-17/h1-4,9,11-12H,5-8H2,(H,22,23)(H,19,20,21). The number of nitriles is 1. The summed E-state index contributed by atoms with van der Waals surface area (Å²) < 4.78 is 0. The first-order valence-electron chi connectivity index (χ1n) is 8.00. The molecule has 0 atom stereocenters. The predicted molar refractivity (Wildman–Crippen MR) is 91.7 cm³/mol. The summed E-state index contributed by atoms with van der Waals surface area (Å²) in [5.41, 5.74) is 2.45. The molecule has 24 heavy (non-hydrogen) atoms. The van der Waals surface area contributed by atoms with E-state index in [0.29, 0.717) is 17.6 Å². The molecule has 2 aromatic heterocycles. The molecule has 0 aliphatic carbocycles. The molecule has 0 spiro atoms. The van der Waals surface area contributed by atoms with Crippen molar-refractivity contribution < 1.29 is 0 Å². The molecular weight excluding hydrogens is 302 g/mol. The zero-order valence-corrected chi connectivity index (χ0v) is 13.1. The van der Waals surface area contributed by atoms with Gasteiger partial charge in [0, 0.05) is 25.2 Å². The Hall–Kier alpha value is -3.14. The molecule has 0 radical (unpaired) electrons. The zero-order valence-electron chi connectivity index (χ0n) is 13.1. The van der Waals surface area contributed by atoms with Crippen molar-refractivity contribution in [3.05, 3.63) is 42.4 Å². The van der Waals surface area contributed by atoms with Crippen LogP contribution in [0.2, 0.25) is 0 Å². The van der Waals surface area contributed by atoms with Gasteiger partial charge in [0.15, 0.2) is 0 Å². The maximum absolute atomic E-state index is 8.90. The number of anilines is 2. The molecule has 0 bridgehead atoms. The van der Waals surface area contributed by atoms with Crippen LogP contribution >= 0.6 is 0 Å². The first-order chi connectivity index (χ1) is 11.8.